The lowest BCUT2D eigenvalue weighted by molar-refractivity contribution is -0.109. The van der Waals surface area contributed by atoms with Crippen molar-refractivity contribution in [3.05, 3.63) is 35.9 Å². The van der Waals surface area contributed by atoms with Crippen LogP contribution in [0.4, 0.5) is 4.79 Å². The summed E-state index contributed by atoms with van der Waals surface area (Å²) in [6, 6.07) is 9.52. The summed E-state index contributed by atoms with van der Waals surface area (Å²) in [7, 11) is 0. The third-order valence-electron chi connectivity index (χ3n) is 2.52. The maximum absolute atomic E-state index is 11.4. The first-order chi connectivity index (χ1) is 8.92. The molecule has 1 aromatic carbocycles. The highest BCUT2D eigenvalue weighted by atomic mass is 16.6. The molecule has 0 radical (unpaired) electrons. The molecule has 1 atom stereocenters. The Bertz CT molecular complexity index is 409. The fraction of sp³-hybridized carbons (Fsp3) is 0.467. The van der Waals surface area contributed by atoms with Gasteiger partial charge in [-0.05, 0) is 32.8 Å². The number of hydrogen-bond acceptors (Lipinski definition) is 3. The first kappa shape index (κ1) is 15.2. The normalized spacial score (nSPS) is 12.6. The predicted octanol–water partition coefficient (Wildman–Crippen LogP) is 2.88. The number of benzene rings is 1. The van der Waals surface area contributed by atoms with E-state index in [0.717, 1.165) is 11.8 Å². The summed E-state index contributed by atoms with van der Waals surface area (Å²) >= 11 is 0. The van der Waals surface area contributed by atoms with E-state index in [1.165, 1.54) is 0 Å². The number of amides is 1. The van der Waals surface area contributed by atoms with Crippen LogP contribution in [-0.2, 0) is 9.53 Å². The largest absolute Gasteiger partial charge is 0.444 e. The molecule has 4 heteroatoms. The van der Waals surface area contributed by atoms with Crippen molar-refractivity contribution in [3.8, 4) is 0 Å². The lowest BCUT2D eigenvalue weighted by Gasteiger charge is -2.20. The van der Waals surface area contributed by atoms with Gasteiger partial charge in [-0.1, -0.05) is 30.3 Å². The molecule has 0 spiro atoms. The molecule has 1 unspecified atom stereocenters. The Balaban J connectivity index is 2.39. The average Bonchev–Trinajstić information content (AvgIpc) is 2.33. The van der Waals surface area contributed by atoms with Crippen molar-refractivity contribution >= 4 is 12.4 Å². The molecule has 4 nitrogen and oxygen atoms in total. The number of hydrogen-bond donors (Lipinski definition) is 1. The molecule has 0 aliphatic carbocycles. The van der Waals surface area contributed by atoms with Gasteiger partial charge < -0.3 is 14.8 Å². The highest BCUT2D eigenvalue weighted by Gasteiger charge is 2.16. The molecule has 0 bridgehead atoms. The molecule has 0 aliphatic heterocycles. The van der Waals surface area contributed by atoms with Crippen LogP contribution in [0.2, 0.25) is 0 Å². The van der Waals surface area contributed by atoms with Crippen molar-refractivity contribution < 1.29 is 14.3 Å². The van der Waals surface area contributed by atoms with Gasteiger partial charge in [0.1, 0.15) is 11.9 Å². The zero-order chi connectivity index (χ0) is 14.3. The van der Waals surface area contributed by atoms with Crippen LogP contribution in [0.1, 0.15) is 38.7 Å². The monoisotopic (exact) mass is 263 g/mol. The van der Waals surface area contributed by atoms with Gasteiger partial charge in [-0.2, -0.15) is 0 Å². The standard InChI is InChI=1S/C15H21NO3/c1-15(2,3)19-14(18)16-10-9-13(11-17)12-7-5-4-6-8-12/h4-8,11,13H,9-10H2,1-3H3,(H,16,18). The number of nitrogens with one attached hydrogen (secondary N) is 1. The minimum Gasteiger partial charge on any atom is -0.444 e. The molecule has 0 fully saturated rings. The number of carbonyl (C=O) groups is 2. The maximum Gasteiger partial charge on any atom is 0.407 e. The second-order valence-corrected chi connectivity index (χ2v) is 5.37. The highest BCUT2D eigenvalue weighted by Crippen LogP contribution is 2.16. The lowest BCUT2D eigenvalue weighted by atomic mass is 9.97. The summed E-state index contributed by atoms with van der Waals surface area (Å²) in [5, 5.41) is 2.65. The Morgan fingerprint density at radius 3 is 2.47 bits per heavy atom. The van der Waals surface area contributed by atoms with Crippen LogP contribution in [-0.4, -0.2) is 24.5 Å². The van der Waals surface area contributed by atoms with Crippen LogP contribution in [0.3, 0.4) is 0 Å². The van der Waals surface area contributed by atoms with E-state index in [2.05, 4.69) is 5.32 Å². The summed E-state index contributed by atoms with van der Waals surface area (Å²) in [6.07, 6.45) is 1.02. The van der Waals surface area contributed by atoms with E-state index in [0.29, 0.717) is 13.0 Å². The van der Waals surface area contributed by atoms with Crippen LogP contribution in [0, 0.1) is 0 Å². The molecule has 0 heterocycles. The van der Waals surface area contributed by atoms with E-state index in [9.17, 15) is 9.59 Å². The zero-order valence-corrected chi connectivity index (χ0v) is 11.7. The fourth-order valence-electron chi connectivity index (χ4n) is 1.66. The molecule has 1 amide bonds. The van der Waals surface area contributed by atoms with E-state index in [-0.39, 0.29) is 5.92 Å². The zero-order valence-electron chi connectivity index (χ0n) is 11.7. The smallest absolute Gasteiger partial charge is 0.407 e. The quantitative estimate of drug-likeness (QED) is 0.831. The molecule has 0 aliphatic rings. The summed E-state index contributed by atoms with van der Waals surface area (Å²) < 4.78 is 5.12. The number of ether oxygens (including phenoxy) is 1. The molecule has 0 saturated carbocycles. The van der Waals surface area contributed by atoms with Crippen molar-refractivity contribution in [2.45, 2.75) is 38.7 Å². The molecule has 1 N–H and O–H groups in total. The van der Waals surface area contributed by atoms with E-state index in [1.54, 1.807) is 0 Å². The van der Waals surface area contributed by atoms with E-state index < -0.39 is 11.7 Å². The van der Waals surface area contributed by atoms with Gasteiger partial charge in [-0.3, -0.25) is 0 Å². The van der Waals surface area contributed by atoms with Gasteiger partial charge in [-0.15, -0.1) is 0 Å². The van der Waals surface area contributed by atoms with Crippen molar-refractivity contribution in [3.63, 3.8) is 0 Å². The minimum atomic E-state index is -0.506. The van der Waals surface area contributed by atoms with Gasteiger partial charge in [0.2, 0.25) is 0 Å². The highest BCUT2D eigenvalue weighted by molar-refractivity contribution is 5.68. The Kier molecular flexibility index (Phi) is 5.55. The van der Waals surface area contributed by atoms with Crippen molar-refractivity contribution in [1.82, 2.24) is 5.32 Å². The summed E-state index contributed by atoms with van der Waals surface area (Å²) in [5.74, 6) is -0.198. The molecular weight excluding hydrogens is 242 g/mol. The summed E-state index contributed by atoms with van der Waals surface area (Å²) in [4.78, 5) is 22.5. The number of alkyl carbamates (subject to hydrolysis) is 1. The average molecular weight is 263 g/mol. The Morgan fingerprint density at radius 1 is 1.32 bits per heavy atom. The van der Waals surface area contributed by atoms with Gasteiger partial charge >= 0.3 is 6.09 Å². The molecule has 1 rings (SSSR count). The topological polar surface area (TPSA) is 55.4 Å². The first-order valence-electron chi connectivity index (χ1n) is 6.39. The van der Waals surface area contributed by atoms with Crippen LogP contribution < -0.4 is 5.32 Å². The number of aldehydes is 1. The van der Waals surface area contributed by atoms with Crippen LogP contribution >= 0.6 is 0 Å². The third kappa shape index (κ3) is 6.04. The fourth-order valence-corrected chi connectivity index (χ4v) is 1.66. The second-order valence-electron chi connectivity index (χ2n) is 5.37. The Hall–Kier alpha value is -1.84. The number of rotatable bonds is 5. The van der Waals surface area contributed by atoms with Crippen molar-refractivity contribution in [1.29, 1.82) is 0 Å². The predicted molar refractivity (Wildman–Crippen MR) is 74.1 cm³/mol. The van der Waals surface area contributed by atoms with Gasteiger partial charge in [-0.25, -0.2) is 4.79 Å². The van der Waals surface area contributed by atoms with Crippen LogP contribution in [0.5, 0.6) is 0 Å². The molecule has 19 heavy (non-hydrogen) atoms. The minimum absolute atomic E-state index is 0.198. The van der Waals surface area contributed by atoms with Crippen LogP contribution in [0.25, 0.3) is 0 Å². The molecular formula is C15H21NO3. The SMILES string of the molecule is CC(C)(C)OC(=O)NCCC(C=O)c1ccccc1. The van der Waals surface area contributed by atoms with Gasteiger partial charge in [0, 0.05) is 12.5 Å². The third-order valence-corrected chi connectivity index (χ3v) is 2.52. The second kappa shape index (κ2) is 6.92. The maximum atomic E-state index is 11.4. The van der Waals surface area contributed by atoms with Crippen LogP contribution in [0.15, 0.2) is 30.3 Å². The van der Waals surface area contributed by atoms with E-state index in [4.69, 9.17) is 4.74 Å². The lowest BCUT2D eigenvalue weighted by Crippen LogP contribution is -2.33. The van der Waals surface area contributed by atoms with Gasteiger partial charge in [0.15, 0.2) is 0 Å². The van der Waals surface area contributed by atoms with Gasteiger partial charge in [0.25, 0.3) is 0 Å². The molecule has 104 valence electrons. The van der Waals surface area contributed by atoms with Crippen molar-refractivity contribution in [2.24, 2.45) is 0 Å². The first-order valence-corrected chi connectivity index (χ1v) is 6.39. The van der Waals surface area contributed by atoms with Crippen molar-refractivity contribution in [2.75, 3.05) is 6.54 Å². The Morgan fingerprint density at radius 2 is 1.95 bits per heavy atom. The van der Waals surface area contributed by atoms with E-state index >= 15 is 0 Å². The summed E-state index contributed by atoms with van der Waals surface area (Å²) in [6.45, 7) is 5.84. The molecule has 1 aromatic rings. The molecule has 0 aromatic heterocycles. The van der Waals surface area contributed by atoms with Gasteiger partial charge in [0.05, 0.1) is 0 Å². The summed E-state index contributed by atoms with van der Waals surface area (Å²) in [5.41, 5.74) is 0.455. The number of carbonyl (C=O) groups excluding carboxylic acids is 2. The van der Waals surface area contributed by atoms with E-state index in [1.807, 2.05) is 51.1 Å². The molecule has 0 saturated heterocycles. The Labute approximate surface area is 114 Å².